The van der Waals surface area contributed by atoms with Crippen LogP contribution in [-0.4, -0.2) is 18.4 Å². The fourth-order valence-corrected chi connectivity index (χ4v) is 1.27. The first kappa shape index (κ1) is 12.5. The van der Waals surface area contributed by atoms with E-state index in [0.717, 1.165) is 11.3 Å². The number of ether oxygens (including phenoxy) is 1. The van der Waals surface area contributed by atoms with Crippen LogP contribution in [-0.2, 0) is 11.2 Å². The van der Waals surface area contributed by atoms with Crippen molar-refractivity contribution in [3.8, 4) is 5.75 Å². The summed E-state index contributed by atoms with van der Waals surface area (Å²) in [7, 11) is 0. The van der Waals surface area contributed by atoms with Gasteiger partial charge in [0.05, 0.1) is 6.04 Å². The molecule has 3 heteroatoms. The molecule has 1 rings (SSSR count). The van der Waals surface area contributed by atoms with Crippen LogP contribution in [0.3, 0.4) is 0 Å². The number of nitrogens with two attached hydrogens (primary N) is 1. The van der Waals surface area contributed by atoms with Crippen molar-refractivity contribution in [3.63, 3.8) is 0 Å². The monoisotopic (exact) mass is 219 g/mol. The van der Waals surface area contributed by atoms with Crippen LogP contribution < -0.4 is 10.5 Å². The maximum Gasteiger partial charge on any atom is 0.146 e. The lowest BCUT2D eigenvalue weighted by Crippen LogP contribution is -2.30. The van der Waals surface area contributed by atoms with Crippen molar-refractivity contribution in [3.05, 3.63) is 42.5 Å². The molecule has 16 heavy (non-hydrogen) atoms. The Hall–Kier alpha value is -1.61. The number of hydrogen-bond acceptors (Lipinski definition) is 3. The molecule has 0 amide bonds. The van der Waals surface area contributed by atoms with E-state index in [9.17, 15) is 4.79 Å². The average Bonchev–Trinajstić information content (AvgIpc) is 2.28. The summed E-state index contributed by atoms with van der Waals surface area (Å²) in [5.41, 5.74) is 6.71. The predicted molar refractivity (Wildman–Crippen MR) is 64.5 cm³/mol. The molecule has 86 valence electrons. The lowest BCUT2D eigenvalue weighted by molar-refractivity contribution is -0.118. The van der Waals surface area contributed by atoms with Gasteiger partial charge in [-0.15, -0.1) is 0 Å². The van der Waals surface area contributed by atoms with Crippen molar-refractivity contribution in [2.45, 2.75) is 19.4 Å². The average molecular weight is 219 g/mol. The Balaban J connectivity index is 2.57. The maximum atomic E-state index is 11.0. The minimum absolute atomic E-state index is 0.00647. The van der Waals surface area contributed by atoms with Crippen LogP contribution in [0.4, 0.5) is 0 Å². The van der Waals surface area contributed by atoms with Gasteiger partial charge in [-0.3, -0.25) is 4.79 Å². The normalized spacial score (nSPS) is 11.9. The van der Waals surface area contributed by atoms with Gasteiger partial charge in [-0.05, 0) is 31.0 Å². The number of hydrogen-bond donors (Lipinski definition) is 1. The van der Waals surface area contributed by atoms with Gasteiger partial charge in [0, 0.05) is 0 Å². The van der Waals surface area contributed by atoms with E-state index in [4.69, 9.17) is 10.5 Å². The number of carbonyl (C=O) groups is 1. The fraction of sp³-hybridized carbons (Fsp3) is 0.308. The van der Waals surface area contributed by atoms with E-state index < -0.39 is 6.04 Å². The van der Waals surface area contributed by atoms with E-state index in [0.29, 0.717) is 13.0 Å². The Bertz CT molecular complexity index is 357. The Labute approximate surface area is 95.9 Å². The summed E-state index contributed by atoms with van der Waals surface area (Å²) in [6, 6.07) is 7.15. The molecule has 0 aliphatic heterocycles. The van der Waals surface area contributed by atoms with Gasteiger partial charge >= 0.3 is 0 Å². The number of carbonyl (C=O) groups excluding carboxylic acids is 1. The third-order valence-electron chi connectivity index (χ3n) is 2.27. The van der Waals surface area contributed by atoms with Gasteiger partial charge in [-0.2, -0.15) is 0 Å². The summed E-state index contributed by atoms with van der Waals surface area (Å²) in [4.78, 5) is 11.0. The summed E-state index contributed by atoms with van der Waals surface area (Å²) in [5, 5.41) is 0. The highest BCUT2D eigenvalue weighted by Gasteiger charge is 2.08. The quantitative estimate of drug-likeness (QED) is 0.741. The summed E-state index contributed by atoms with van der Waals surface area (Å²) in [5.74, 6) is 0.798. The molecule has 0 saturated heterocycles. The van der Waals surface area contributed by atoms with Crippen LogP contribution >= 0.6 is 0 Å². The summed E-state index contributed by atoms with van der Waals surface area (Å²) >= 11 is 0. The third kappa shape index (κ3) is 3.87. The first-order valence-corrected chi connectivity index (χ1v) is 5.22. The molecule has 0 radical (unpaired) electrons. The Kier molecular flexibility index (Phi) is 4.73. The zero-order chi connectivity index (χ0) is 12.0. The zero-order valence-corrected chi connectivity index (χ0v) is 9.48. The van der Waals surface area contributed by atoms with Gasteiger partial charge in [0.1, 0.15) is 18.1 Å². The molecule has 1 atom stereocenters. The van der Waals surface area contributed by atoms with Crippen molar-refractivity contribution in [1.29, 1.82) is 0 Å². The van der Waals surface area contributed by atoms with Gasteiger partial charge in [-0.25, -0.2) is 0 Å². The van der Waals surface area contributed by atoms with Crippen LogP contribution in [0.25, 0.3) is 0 Å². The van der Waals surface area contributed by atoms with Crippen LogP contribution in [0.2, 0.25) is 0 Å². The minimum atomic E-state index is -0.417. The maximum absolute atomic E-state index is 11.0. The van der Waals surface area contributed by atoms with Crippen LogP contribution in [0.1, 0.15) is 12.5 Å². The second-order valence-electron chi connectivity index (χ2n) is 3.66. The topological polar surface area (TPSA) is 52.3 Å². The van der Waals surface area contributed by atoms with E-state index >= 15 is 0 Å². The van der Waals surface area contributed by atoms with Gasteiger partial charge in [0.25, 0.3) is 0 Å². The first-order valence-electron chi connectivity index (χ1n) is 5.22. The molecule has 1 aromatic carbocycles. The summed E-state index contributed by atoms with van der Waals surface area (Å²) in [6.45, 7) is 5.57. The van der Waals surface area contributed by atoms with Crippen molar-refractivity contribution < 1.29 is 9.53 Å². The fourth-order valence-electron chi connectivity index (χ4n) is 1.27. The molecule has 0 aromatic heterocycles. The molecule has 0 fully saturated rings. The number of Topliss-reactive ketones (excluding diaryl/α,β-unsaturated/α-hetero) is 1. The van der Waals surface area contributed by atoms with Crippen molar-refractivity contribution in [1.82, 2.24) is 0 Å². The van der Waals surface area contributed by atoms with E-state index in [1.807, 2.05) is 24.3 Å². The Morgan fingerprint density at radius 2 is 2.12 bits per heavy atom. The molecule has 2 N–H and O–H groups in total. The van der Waals surface area contributed by atoms with Gasteiger partial charge in [0.2, 0.25) is 0 Å². The highest BCUT2D eigenvalue weighted by Crippen LogP contribution is 2.13. The second-order valence-corrected chi connectivity index (χ2v) is 3.66. The predicted octanol–water partition coefficient (Wildman–Crippen LogP) is 1.71. The molecule has 0 heterocycles. The van der Waals surface area contributed by atoms with E-state index in [1.54, 1.807) is 6.08 Å². The molecule has 1 aromatic rings. The third-order valence-corrected chi connectivity index (χ3v) is 2.27. The molecule has 0 unspecified atom stereocenters. The molecule has 0 saturated carbocycles. The molecule has 3 nitrogen and oxygen atoms in total. The van der Waals surface area contributed by atoms with Gasteiger partial charge in [0.15, 0.2) is 0 Å². The standard InChI is InChI=1S/C13H17NO2/c1-3-8-16-12-6-4-11(5-7-12)9-13(14)10(2)15/h3-7,13H,1,8-9,14H2,2H3/t13-/m0/s1. The van der Waals surface area contributed by atoms with E-state index in [2.05, 4.69) is 6.58 Å². The zero-order valence-electron chi connectivity index (χ0n) is 9.48. The number of benzene rings is 1. The molecule has 0 bridgehead atoms. The van der Waals surface area contributed by atoms with Gasteiger partial charge in [-0.1, -0.05) is 24.8 Å². The highest BCUT2D eigenvalue weighted by atomic mass is 16.5. The molecular weight excluding hydrogens is 202 g/mol. The van der Waals surface area contributed by atoms with Crippen molar-refractivity contribution in [2.75, 3.05) is 6.61 Å². The Morgan fingerprint density at radius 3 is 2.62 bits per heavy atom. The lowest BCUT2D eigenvalue weighted by atomic mass is 10.0. The van der Waals surface area contributed by atoms with E-state index in [1.165, 1.54) is 6.92 Å². The second kappa shape index (κ2) is 6.08. The largest absolute Gasteiger partial charge is 0.490 e. The SMILES string of the molecule is C=CCOc1ccc(C[C@H](N)C(C)=O)cc1. The van der Waals surface area contributed by atoms with Crippen molar-refractivity contribution in [2.24, 2.45) is 5.73 Å². The first-order chi connectivity index (χ1) is 7.63. The smallest absolute Gasteiger partial charge is 0.146 e. The number of ketones is 1. The Morgan fingerprint density at radius 1 is 1.50 bits per heavy atom. The lowest BCUT2D eigenvalue weighted by Gasteiger charge is -2.08. The molecule has 0 aliphatic carbocycles. The highest BCUT2D eigenvalue weighted by molar-refractivity contribution is 5.81. The molecule has 0 spiro atoms. The van der Waals surface area contributed by atoms with Crippen LogP contribution in [0.5, 0.6) is 5.75 Å². The van der Waals surface area contributed by atoms with E-state index in [-0.39, 0.29) is 5.78 Å². The molecule has 0 aliphatic rings. The minimum Gasteiger partial charge on any atom is -0.490 e. The summed E-state index contributed by atoms with van der Waals surface area (Å²) < 4.78 is 5.35. The van der Waals surface area contributed by atoms with Crippen LogP contribution in [0.15, 0.2) is 36.9 Å². The van der Waals surface area contributed by atoms with Crippen LogP contribution in [0, 0.1) is 0 Å². The summed E-state index contributed by atoms with van der Waals surface area (Å²) in [6.07, 6.45) is 2.26. The van der Waals surface area contributed by atoms with Gasteiger partial charge < -0.3 is 10.5 Å². The number of rotatable bonds is 6. The van der Waals surface area contributed by atoms with Crippen molar-refractivity contribution >= 4 is 5.78 Å². The molecular formula is C13H17NO2.